The Balaban J connectivity index is 3.51. The van der Waals surface area contributed by atoms with Crippen molar-refractivity contribution in [2.75, 3.05) is 0 Å². The van der Waals surface area contributed by atoms with Crippen LogP contribution in [0.2, 0.25) is 0 Å². The van der Waals surface area contributed by atoms with Gasteiger partial charge in [0.05, 0.1) is 5.69 Å². The van der Waals surface area contributed by atoms with E-state index in [1.165, 1.54) is 12.1 Å². The van der Waals surface area contributed by atoms with Gasteiger partial charge in [-0.15, -0.1) is 0 Å². The summed E-state index contributed by atoms with van der Waals surface area (Å²) in [6, 6.07) is 2.37. The Hall–Kier alpha value is -2.00. The minimum atomic E-state index is -1.46. The summed E-state index contributed by atoms with van der Waals surface area (Å²) in [4.78, 5) is 23.7. The van der Waals surface area contributed by atoms with Crippen molar-refractivity contribution < 1.29 is 19.1 Å². The summed E-state index contributed by atoms with van der Waals surface area (Å²) in [6.07, 6.45) is 1.18. The molecule has 1 aromatic rings. The Morgan fingerprint density at radius 2 is 2.21 bits per heavy atom. The quantitative estimate of drug-likeness (QED) is 0.577. The summed E-state index contributed by atoms with van der Waals surface area (Å²) in [5.41, 5.74) is -0.342. The minimum absolute atomic E-state index is 0.218. The van der Waals surface area contributed by atoms with E-state index in [4.69, 9.17) is 5.11 Å². The van der Waals surface area contributed by atoms with E-state index < -0.39 is 17.3 Å². The Labute approximate surface area is 78.7 Å². The normalized spacial score (nSPS) is 9.29. The molecule has 0 radical (unpaired) electrons. The maximum atomic E-state index is 13.1. The first-order chi connectivity index (χ1) is 6.56. The summed E-state index contributed by atoms with van der Waals surface area (Å²) >= 11 is 0. The number of carboxylic acids is 1. The van der Waals surface area contributed by atoms with Crippen LogP contribution in [-0.4, -0.2) is 17.2 Å². The van der Waals surface area contributed by atoms with Gasteiger partial charge in [-0.05, 0) is 24.6 Å². The molecule has 0 aliphatic heterocycles. The largest absolute Gasteiger partial charge is 0.478 e. The van der Waals surface area contributed by atoms with Crippen LogP contribution in [0.15, 0.2) is 17.1 Å². The lowest BCUT2D eigenvalue weighted by Gasteiger charge is -2.02. The number of isocyanates is 1. The van der Waals surface area contributed by atoms with Gasteiger partial charge in [0.15, 0.2) is 0 Å². The van der Waals surface area contributed by atoms with Gasteiger partial charge in [-0.1, -0.05) is 0 Å². The van der Waals surface area contributed by atoms with Crippen LogP contribution in [0, 0.1) is 12.7 Å². The Morgan fingerprint density at radius 1 is 1.57 bits per heavy atom. The van der Waals surface area contributed by atoms with Crippen LogP contribution < -0.4 is 0 Å². The summed E-state index contributed by atoms with van der Waals surface area (Å²) in [7, 11) is 0. The first kappa shape index (κ1) is 10.1. The molecule has 72 valence electrons. The highest BCUT2D eigenvalue weighted by atomic mass is 19.1. The molecule has 0 saturated heterocycles. The Morgan fingerprint density at radius 3 is 2.71 bits per heavy atom. The molecule has 0 spiro atoms. The zero-order valence-corrected chi connectivity index (χ0v) is 7.24. The van der Waals surface area contributed by atoms with Crippen LogP contribution in [0.4, 0.5) is 10.1 Å². The van der Waals surface area contributed by atoms with Crippen molar-refractivity contribution in [3.05, 3.63) is 29.1 Å². The molecule has 0 aromatic heterocycles. The molecule has 14 heavy (non-hydrogen) atoms. The number of aliphatic imine (C=N–C) groups is 1. The van der Waals surface area contributed by atoms with E-state index >= 15 is 0 Å². The van der Waals surface area contributed by atoms with Gasteiger partial charge in [-0.25, -0.2) is 14.0 Å². The predicted molar refractivity (Wildman–Crippen MR) is 45.9 cm³/mol. The van der Waals surface area contributed by atoms with Gasteiger partial charge >= 0.3 is 5.97 Å². The van der Waals surface area contributed by atoms with Crippen LogP contribution >= 0.6 is 0 Å². The summed E-state index contributed by atoms with van der Waals surface area (Å²) < 4.78 is 13.1. The third-order valence-electron chi connectivity index (χ3n) is 1.59. The van der Waals surface area contributed by atoms with Crippen molar-refractivity contribution in [1.29, 1.82) is 0 Å². The van der Waals surface area contributed by atoms with Gasteiger partial charge in [0.1, 0.15) is 11.4 Å². The Kier molecular flexibility index (Phi) is 2.74. The maximum Gasteiger partial charge on any atom is 0.340 e. The molecule has 0 unspecified atom stereocenters. The standard InChI is InChI=1S/C9H6FNO3/c1-5-2-6(10)8(9(13)14)7(3-5)11-4-12/h2-3H,1H3,(H,13,14). The number of aromatic carboxylic acids is 1. The van der Waals surface area contributed by atoms with E-state index in [9.17, 15) is 14.0 Å². The van der Waals surface area contributed by atoms with Gasteiger partial charge in [-0.3, -0.25) is 0 Å². The average molecular weight is 195 g/mol. The van der Waals surface area contributed by atoms with Crippen molar-refractivity contribution in [3.63, 3.8) is 0 Å². The van der Waals surface area contributed by atoms with Gasteiger partial charge in [-0.2, -0.15) is 4.99 Å². The smallest absolute Gasteiger partial charge is 0.340 e. The molecule has 0 aliphatic carbocycles. The molecule has 0 saturated carbocycles. The summed E-state index contributed by atoms with van der Waals surface area (Å²) in [5.74, 6) is -2.37. The number of carbonyl (C=O) groups is 1. The van der Waals surface area contributed by atoms with Crippen LogP contribution in [0.25, 0.3) is 0 Å². The molecule has 1 aromatic carbocycles. The van der Waals surface area contributed by atoms with Crippen molar-refractivity contribution in [3.8, 4) is 0 Å². The maximum absolute atomic E-state index is 13.1. The third kappa shape index (κ3) is 1.84. The molecule has 0 atom stereocenters. The molecule has 0 fully saturated rings. The SMILES string of the molecule is Cc1cc(F)c(C(=O)O)c(N=C=O)c1. The zero-order chi connectivity index (χ0) is 10.7. The van der Waals surface area contributed by atoms with E-state index in [1.807, 2.05) is 0 Å². The molecule has 4 nitrogen and oxygen atoms in total. The van der Waals surface area contributed by atoms with Crippen LogP contribution in [0.5, 0.6) is 0 Å². The lowest BCUT2D eigenvalue weighted by Crippen LogP contribution is -2.01. The molecule has 5 heteroatoms. The summed E-state index contributed by atoms with van der Waals surface area (Å²) in [5, 5.41) is 8.63. The molecular weight excluding hydrogens is 189 g/mol. The highest BCUT2D eigenvalue weighted by molar-refractivity contribution is 5.94. The first-order valence-corrected chi connectivity index (χ1v) is 3.67. The van der Waals surface area contributed by atoms with E-state index in [1.54, 1.807) is 6.92 Å². The van der Waals surface area contributed by atoms with Gasteiger partial charge in [0.25, 0.3) is 0 Å². The van der Waals surface area contributed by atoms with E-state index in [0.717, 1.165) is 6.07 Å². The number of carbonyl (C=O) groups excluding carboxylic acids is 1. The second-order valence-corrected chi connectivity index (χ2v) is 2.65. The monoisotopic (exact) mass is 195 g/mol. The van der Waals surface area contributed by atoms with Gasteiger partial charge in [0.2, 0.25) is 6.08 Å². The van der Waals surface area contributed by atoms with Gasteiger partial charge < -0.3 is 5.11 Å². The second kappa shape index (κ2) is 3.81. The fourth-order valence-electron chi connectivity index (χ4n) is 1.07. The molecule has 0 aliphatic rings. The molecule has 1 rings (SSSR count). The van der Waals surface area contributed by atoms with E-state index in [2.05, 4.69) is 4.99 Å². The molecular formula is C9H6FNO3. The molecule has 0 amide bonds. The van der Waals surface area contributed by atoms with E-state index in [0.29, 0.717) is 5.56 Å². The fourth-order valence-corrected chi connectivity index (χ4v) is 1.07. The highest BCUT2D eigenvalue weighted by Crippen LogP contribution is 2.23. The van der Waals surface area contributed by atoms with Crippen LogP contribution in [0.1, 0.15) is 15.9 Å². The number of halogens is 1. The first-order valence-electron chi connectivity index (χ1n) is 3.67. The predicted octanol–water partition coefficient (Wildman–Crippen LogP) is 1.80. The number of carboxylic acid groups (broad SMARTS) is 1. The zero-order valence-electron chi connectivity index (χ0n) is 7.24. The molecule has 0 heterocycles. The number of hydrogen-bond donors (Lipinski definition) is 1. The average Bonchev–Trinajstić information content (AvgIpc) is 2.01. The minimum Gasteiger partial charge on any atom is -0.478 e. The fraction of sp³-hybridized carbons (Fsp3) is 0.111. The number of aryl methyl sites for hydroxylation is 1. The summed E-state index contributed by atoms with van der Waals surface area (Å²) in [6.45, 7) is 1.57. The lowest BCUT2D eigenvalue weighted by molar-refractivity contribution is 0.0693. The molecule has 1 N–H and O–H groups in total. The van der Waals surface area contributed by atoms with Gasteiger partial charge in [0, 0.05) is 0 Å². The van der Waals surface area contributed by atoms with E-state index in [-0.39, 0.29) is 5.69 Å². The number of hydrogen-bond acceptors (Lipinski definition) is 3. The topological polar surface area (TPSA) is 66.7 Å². The third-order valence-corrected chi connectivity index (χ3v) is 1.59. The van der Waals surface area contributed by atoms with Crippen molar-refractivity contribution in [2.45, 2.75) is 6.92 Å². The number of benzene rings is 1. The van der Waals surface area contributed by atoms with Crippen molar-refractivity contribution in [1.82, 2.24) is 0 Å². The van der Waals surface area contributed by atoms with Crippen molar-refractivity contribution in [2.24, 2.45) is 4.99 Å². The van der Waals surface area contributed by atoms with Crippen LogP contribution in [0.3, 0.4) is 0 Å². The lowest BCUT2D eigenvalue weighted by atomic mass is 10.1. The Bertz CT molecular complexity index is 436. The highest BCUT2D eigenvalue weighted by Gasteiger charge is 2.16. The number of nitrogens with zero attached hydrogens (tertiary/aromatic N) is 1. The number of rotatable bonds is 2. The van der Waals surface area contributed by atoms with Crippen molar-refractivity contribution >= 4 is 17.7 Å². The second-order valence-electron chi connectivity index (χ2n) is 2.65. The van der Waals surface area contributed by atoms with Crippen LogP contribution in [-0.2, 0) is 4.79 Å². The molecule has 0 bridgehead atoms.